The number of aromatic nitrogens is 2. The van der Waals surface area contributed by atoms with E-state index in [9.17, 15) is 0 Å². The summed E-state index contributed by atoms with van der Waals surface area (Å²) in [7, 11) is 3.82. The molecule has 0 amide bonds. The van der Waals surface area contributed by atoms with Crippen LogP contribution < -0.4 is 4.74 Å². The molecule has 5 heteroatoms. The first-order chi connectivity index (χ1) is 13.7. The van der Waals surface area contributed by atoms with Crippen LogP contribution in [0.4, 0.5) is 0 Å². The quantitative estimate of drug-likeness (QED) is 0.499. The van der Waals surface area contributed by atoms with E-state index in [1.54, 1.807) is 30.8 Å². The van der Waals surface area contributed by atoms with E-state index in [0.29, 0.717) is 11.8 Å². The third-order valence-corrected chi connectivity index (χ3v) is 6.36. The molecule has 1 atom stereocenters. The van der Waals surface area contributed by atoms with E-state index in [1.807, 2.05) is 0 Å². The summed E-state index contributed by atoms with van der Waals surface area (Å²) in [6, 6.07) is 15.7. The van der Waals surface area contributed by atoms with Gasteiger partial charge in [-0.2, -0.15) is 0 Å². The molecule has 2 aromatic heterocycles. The van der Waals surface area contributed by atoms with Crippen LogP contribution in [0.2, 0.25) is 0 Å². The Morgan fingerprint density at radius 2 is 1.96 bits per heavy atom. The van der Waals surface area contributed by atoms with E-state index in [1.165, 1.54) is 26.8 Å². The van der Waals surface area contributed by atoms with Crippen molar-refractivity contribution in [2.45, 2.75) is 12.5 Å². The maximum Gasteiger partial charge on any atom is 0.240 e. The average molecular weight is 388 g/mol. The number of benzene rings is 2. The molecule has 0 saturated heterocycles. The third-order valence-electron chi connectivity index (χ3n) is 5.46. The van der Waals surface area contributed by atoms with E-state index in [2.05, 4.69) is 69.8 Å². The summed E-state index contributed by atoms with van der Waals surface area (Å²) >= 11 is 1.80. The SMILES string of the molecule is COc1nccnc1-c1ccc2c(c1)CN(C)CC2c1ccc2sccc2c1. The normalized spacial score (nSPS) is 16.9. The molecule has 5 rings (SSSR count). The Labute approximate surface area is 168 Å². The molecule has 1 aliphatic rings. The van der Waals surface area contributed by atoms with Crippen LogP contribution in [0.15, 0.2) is 60.2 Å². The fourth-order valence-corrected chi connectivity index (χ4v) is 4.93. The second kappa shape index (κ2) is 7.00. The molecule has 0 radical (unpaired) electrons. The predicted octanol–water partition coefficient (Wildman–Crippen LogP) is 4.94. The molecule has 0 bridgehead atoms. The van der Waals surface area contributed by atoms with Gasteiger partial charge in [0.1, 0.15) is 5.69 Å². The maximum absolute atomic E-state index is 5.41. The van der Waals surface area contributed by atoms with E-state index < -0.39 is 0 Å². The highest BCUT2D eigenvalue weighted by atomic mass is 32.1. The van der Waals surface area contributed by atoms with Gasteiger partial charge in [0.15, 0.2) is 0 Å². The van der Waals surface area contributed by atoms with E-state index in [-0.39, 0.29) is 0 Å². The number of hydrogen-bond acceptors (Lipinski definition) is 5. The lowest BCUT2D eigenvalue weighted by molar-refractivity contribution is 0.295. The third kappa shape index (κ3) is 2.97. The van der Waals surface area contributed by atoms with Crippen LogP contribution in [0, 0.1) is 0 Å². The molecule has 140 valence electrons. The van der Waals surface area contributed by atoms with Crippen molar-refractivity contribution in [2.75, 3.05) is 20.7 Å². The van der Waals surface area contributed by atoms with Crippen molar-refractivity contribution >= 4 is 21.4 Å². The zero-order valence-electron chi connectivity index (χ0n) is 15.9. The fourth-order valence-electron chi connectivity index (χ4n) is 4.15. The average Bonchev–Trinajstić information content (AvgIpc) is 3.20. The van der Waals surface area contributed by atoms with E-state index in [4.69, 9.17) is 4.74 Å². The van der Waals surface area contributed by atoms with E-state index in [0.717, 1.165) is 24.3 Å². The Bertz CT molecular complexity index is 1150. The highest BCUT2D eigenvalue weighted by molar-refractivity contribution is 7.17. The smallest absolute Gasteiger partial charge is 0.240 e. The first kappa shape index (κ1) is 17.3. The van der Waals surface area contributed by atoms with Gasteiger partial charge in [-0.15, -0.1) is 11.3 Å². The van der Waals surface area contributed by atoms with Crippen molar-refractivity contribution < 1.29 is 4.74 Å². The lowest BCUT2D eigenvalue weighted by Gasteiger charge is -2.33. The molecule has 0 fully saturated rings. The van der Waals surface area contributed by atoms with Gasteiger partial charge in [-0.05, 0) is 58.8 Å². The maximum atomic E-state index is 5.41. The number of thiophene rings is 1. The zero-order valence-corrected chi connectivity index (χ0v) is 16.7. The molecule has 4 aromatic rings. The lowest BCUT2D eigenvalue weighted by atomic mass is 9.83. The number of likely N-dealkylation sites (N-methyl/N-ethyl adjacent to an activating group) is 1. The standard InChI is InChI=1S/C23H21N3OS/c1-26-13-18-12-17(22-23(27-2)25-9-8-24-22)3-5-19(18)20(14-26)15-4-6-21-16(11-15)7-10-28-21/h3-12,20H,13-14H2,1-2H3. The molecular formula is C23H21N3OS. The largest absolute Gasteiger partial charge is 0.479 e. The number of fused-ring (bicyclic) bond motifs is 2. The Kier molecular flexibility index (Phi) is 4.34. The number of nitrogens with zero attached hydrogens (tertiary/aromatic N) is 3. The predicted molar refractivity (Wildman–Crippen MR) is 114 cm³/mol. The Hall–Kier alpha value is -2.76. The number of ether oxygens (including phenoxy) is 1. The highest BCUT2D eigenvalue weighted by Gasteiger charge is 2.26. The highest BCUT2D eigenvalue weighted by Crippen LogP contribution is 2.37. The Morgan fingerprint density at radius 1 is 1.07 bits per heavy atom. The monoisotopic (exact) mass is 387 g/mol. The van der Waals surface area contributed by atoms with Crippen LogP contribution >= 0.6 is 11.3 Å². The zero-order chi connectivity index (χ0) is 19.1. The first-order valence-electron chi connectivity index (χ1n) is 9.37. The summed E-state index contributed by atoms with van der Waals surface area (Å²) in [4.78, 5) is 11.2. The van der Waals surface area contributed by atoms with Gasteiger partial charge in [0.05, 0.1) is 7.11 Å². The summed E-state index contributed by atoms with van der Waals surface area (Å²) in [5.41, 5.74) is 5.96. The molecule has 0 saturated carbocycles. The first-order valence-corrected chi connectivity index (χ1v) is 10.2. The van der Waals surface area contributed by atoms with Gasteiger partial charge in [0.25, 0.3) is 0 Å². The van der Waals surface area contributed by atoms with Gasteiger partial charge < -0.3 is 9.64 Å². The summed E-state index contributed by atoms with van der Waals surface area (Å²) in [5.74, 6) is 0.932. The minimum atomic E-state index is 0.371. The molecule has 4 nitrogen and oxygen atoms in total. The molecular weight excluding hydrogens is 366 g/mol. The van der Waals surface area contributed by atoms with Crippen molar-refractivity contribution in [1.82, 2.24) is 14.9 Å². The minimum Gasteiger partial charge on any atom is -0.479 e. The van der Waals surface area contributed by atoms with Crippen molar-refractivity contribution in [3.05, 3.63) is 76.9 Å². The van der Waals surface area contributed by atoms with Crippen LogP contribution in [0.25, 0.3) is 21.3 Å². The summed E-state index contributed by atoms with van der Waals surface area (Å²) < 4.78 is 6.75. The van der Waals surface area contributed by atoms with Crippen LogP contribution in [0.3, 0.4) is 0 Å². The van der Waals surface area contributed by atoms with Gasteiger partial charge in [0, 0.05) is 41.7 Å². The Morgan fingerprint density at radius 3 is 2.86 bits per heavy atom. The lowest BCUT2D eigenvalue weighted by Crippen LogP contribution is -2.31. The van der Waals surface area contributed by atoms with Gasteiger partial charge in [-0.1, -0.05) is 18.2 Å². The van der Waals surface area contributed by atoms with Crippen molar-refractivity contribution in [3.8, 4) is 17.1 Å². The fraction of sp³-hybridized carbons (Fsp3) is 0.217. The van der Waals surface area contributed by atoms with Gasteiger partial charge >= 0.3 is 0 Å². The summed E-state index contributed by atoms with van der Waals surface area (Å²) in [6.45, 7) is 1.96. The van der Waals surface area contributed by atoms with E-state index >= 15 is 0 Å². The molecule has 0 spiro atoms. The minimum absolute atomic E-state index is 0.371. The molecule has 0 N–H and O–H groups in total. The number of rotatable bonds is 3. The summed E-state index contributed by atoms with van der Waals surface area (Å²) in [6.07, 6.45) is 3.37. The van der Waals surface area contributed by atoms with Gasteiger partial charge in [-0.3, -0.25) is 0 Å². The van der Waals surface area contributed by atoms with Gasteiger partial charge in [0.2, 0.25) is 5.88 Å². The molecule has 2 aromatic carbocycles. The number of hydrogen-bond donors (Lipinski definition) is 0. The number of methoxy groups -OCH3 is 1. The van der Waals surface area contributed by atoms with Crippen LogP contribution in [-0.4, -0.2) is 35.6 Å². The molecule has 0 aliphatic carbocycles. The topological polar surface area (TPSA) is 38.3 Å². The molecule has 28 heavy (non-hydrogen) atoms. The van der Waals surface area contributed by atoms with Crippen LogP contribution in [0.5, 0.6) is 5.88 Å². The Balaban J connectivity index is 1.59. The molecule has 1 aliphatic heterocycles. The van der Waals surface area contributed by atoms with Crippen molar-refractivity contribution in [3.63, 3.8) is 0 Å². The van der Waals surface area contributed by atoms with Crippen LogP contribution in [0.1, 0.15) is 22.6 Å². The molecule has 1 unspecified atom stereocenters. The second-order valence-electron chi connectivity index (χ2n) is 7.30. The summed E-state index contributed by atoms with van der Waals surface area (Å²) in [5, 5.41) is 3.49. The van der Waals surface area contributed by atoms with Crippen molar-refractivity contribution in [2.24, 2.45) is 0 Å². The molecule has 3 heterocycles. The second-order valence-corrected chi connectivity index (χ2v) is 8.24. The van der Waals surface area contributed by atoms with Crippen molar-refractivity contribution in [1.29, 1.82) is 0 Å². The van der Waals surface area contributed by atoms with Gasteiger partial charge in [-0.25, -0.2) is 9.97 Å². The van der Waals surface area contributed by atoms with Crippen LogP contribution in [-0.2, 0) is 6.54 Å².